The Kier molecular flexibility index (Phi) is 5.53. The first-order valence-corrected chi connectivity index (χ1v) is 8.42. The molecule has 2 aromatic rings. The fraction of sp³-hybridized carbons (Fsp3) is 0.118. The van der Waals surface area contributed by atoms with Crippen LogP contribution in [0.15, 0.2) is 65.1 Å². The summed E-state index contributed by atoms with van der Waals surface area (Å²) in [5.41, 5.74) is 1.51. The summed E-state index contributed by atoms with van der Waals surface area (Å²) in [7, 11) is 0. The van der Waals surface area contributed by atoms with E-state index in [0.717, 1.165) is 5.56 Å². The third-order valence-corrected chi connectivity index (χ3v) is 4.32. The van der Waals surface area contributed by atoms with Crippen LogP contribution in [-0.2, 0) is 9.59 Å². The average molecular weight is 353 g/mol. The number of benzene rings is 1. The van der Waals surface area contributed by atoms with Gasteiger partial charge in [0.15, 0.2) is 5.17 Å². The molecule has 1 fully saturated rings. The van der Waals surface area contributed by atoms with E-state index in [1.54, 1.807) is 36.8 Å². The minimum absolute atomic E-state index is 0.0662. The Labute approximate surface area is 148 Å². The number of hydrogen-bond acceptors (Lipinski definition) is 6. The molecule has 2 heterocycles. The Morgan fingerprint density at radius 2 is 2.12 bits per heavy atom. The summed E-state index contributed by atoms with van der Waals surface area (Å²) >= 11 is 1.19. The number of aromatic nitrogens is 1. The van der Waals surface area contributed by atoms with E-state index in [4.69, 9.17) is 0 Å². The zero-order valence-electron chi connectivity index (χ0n) is 13.1. The number of rotatable bonds is 5. The van der Waals surface area contributed by atoms with Crippen LogP contribution in [0.2, 0.25) is 0 Å². The zero-order valence-corrected chi connectivity index (χ0v) is 13.9. The predicted molar refractivity (Wildman–Crippen MR) is 98.5 cm³/mol. The van der Waals surface area contributed by atoms with Crippen molar-refractivity contribution in [2.45, 2.75) is 11.7 Å². The molecule has 1 aliphatic heterocycles. The summed E-state index contributed by atoms with van der Waals surface area (Å²) in [6, 6.07) is 12.7. The first-order valence-electron chi connectivity index (χ1n) is 7.54. The van der Waals surface area contributed by atoms with Gasteiger partial charge in [0.25, 0.3) is 0 Å². The minimum atomic E-state index is -0.518. The lowest BCUT2D eigenvalue weighted by Gasteiger charge is -2.06. The molecular weight excluding hydrogens is 338 g/mol. The highest BCUT2D eigenvalue weighted by Gasteiger charge is 2.32. The lowest BCUT2D eigenvalue weighted by atomic mass is 10.2. The van der Waals surface area contributed by atoms with E-state index < -0.39 is 5.25 Å². The van der Waals surface area contributed by atoms with E-state index in [0.29, 0.717) is 10.9 Å². The van der Waals surface area contributed by atoms with Gasteiger partial charge in [0.05, 0.1) is 6.21 Å². The van der Waals surface area contributed by atoms with Crippen LogP contribution in [-0.4, -0.2) is 33.4 Å². The van der Waals surface area contributed by atoms with Crippen molar-refractivity contribution in [2.24, 2.45) is 10.2 Å². The number of nitrogens with one attached hydrogen (secondary N) is 2. The molecule has 126 valence electrons. The number of nitrogens with zero attached hydrogens (tertiary/aromatic N) is 3. The lowest BCUT2D eigenvalue weighted by Crippen LogP contribution is -2.28. The predicted octanol–water partition coefficient (Wildman–Crippen LogP) is 2.03. The van der Waals surface area contributed by atoms with E-state index >= 15 is 0 Å². The molecule has 1 atom stereocenters. The van der Waals surface area contributed by atoms with Gasteiger partial charge >= 0.3 is 0 Å². The largest absolute Gasteiger partial charge is 0.326 e. The van der Waals surface area contributed by atoms with E-state index in [1.165, 1.54) is 11.8 Å². The number of para-hydroxylation sites is 1. The molecule has 1 aromatic heterocycles. The maximum absolute atomic E-state index is 12.0. The van der Waals surface area contributed by atoms with Crippen molar-refractivity contribution in [1.82, 2.24) is 10.3 Å². The van der Waals surface area contributed by atoms with Crippen LogP contribution in [0.3, 0.4) is 0 Å². The molecule has 0 aliphatic carbocycles. The molecule has 2 amide bonds. The van der Waals surface area contributed by atoms with Gasteiger partial charge < -0.3 is 10.6 Å². The first kappa shape index (κ1) is 16.8. The quantitative estimate of drug-likeness (QED) is 0.635. The number of pyridine rings is 1. The molecule has 3 rings (SSSR count). The topological polar surface area (TPSA) is 95.8 Å². The number of carbonyl (C=O) groups is 2. The number of carbonyl (C=O) groups excluding carboxylic acids is 2. The van der Waals surface area contributed by atoms with Crippen molar-refractivity contribution in [3.8, 4) is 0 Å². The van der Waals surface area contributed by atoms with Crippen molar-refractivity contribution in [3.05, 3.63) is 60.4 Å². The van der Waals surface area contributed by atoms with Gasteiger partial charge in [-0.1, -0.05) is 36.0 Å². The molecule has 1 aliphatic rings. The second-order valence-corrected chi connectivity index (χ2v) is 6.34. The highest BCUT2D eigenvalue weighted by molar-refractivity contribution is 8.15. The molecular formula is C17H15N5O2S. The number of hydrogen-bond donors (Lipinski definition) is 2. The molecule has 0 bridgehead atoms. The van der Waals surface area contributed by atoms with E-state index in [-0.39, 0.29) is 18.2 Å². The zero-order chi connectivity index (χ0) is 17.5. The summed E-state index contributed by atoms with van der Waals surface area (Å²) in [6.45, 7) is 0. The second kappa shape index (κ2) is 8.20. The molecule has 8 heteroatoms. The second-order valence-electron chi connectivity index (χ2n) is 5.15. The van der Waals surface area contributed by atoms with Crippen molar-refractivity contribution in [3.63, 3.8) is 0 Å². The lowest BCUT2D eigenvalue weighted by molar-refractivity contribution is -0.122. The molecule has 7 nitrogen and oxygen atoms in total. The molecule has 0 radical (unpaired) electrons. The van der Waals surface area contributed by atoms with Crippen LogP contribution in [0.5, 0.6) is 0 Å². The Bertz CT molecular complexity index is 808. The van der Waals surface area contributed by atoms with Crippen molar-refractivity contribution in [1.29, 1.82) is 0 Å². The molecule has 1 aromatic carbocycles. The summed E-state index contributed by atoms with van der Waals surface area (Å²) in [5, 5.41) is 13.1. The molecule has 1 saturated heterocycles. The Morgan fingerprint density at radius 3 is 2.88 bits per heavy atom. The average Bonchev–Trinajstić information content (AvgIpc) is 2.96. The standard InChI is InChI=1S/C17H15N5O2S/c23-15(20-13-6-2-1-3-7-13)9-14-16(24)21-17(25-14)22-19-11-12-5-4-8-18-10-12/h1-8,10-11,14H,9H2,(H,20,23)(H,21,22,24)/b19-11-/t14-/m1/s1. The highest BCUT2D eigenvalue weighted by atomic mass is 32.2. The number of thioether (sulfide) groups is 1. The first-order chi connectivity index (χ1) is 12.2. The maximum atomic E-state index is 12.0. The van der Waals surface area contributed by atoms with Crippen LogP contribution in [0.4, 0.5) is 5.69 Å². The van der Waals surface area contributed by atoms with Gasteiger partial charge in [-0.05, 0) is 18.2 Å². The van der Waals surface area contributed by atoms with Crippen LogP contribution in [0.1, 0.15) is 12.0 Å². The van der Waals surface area contributed by atoms with Gasteiger partial charge in [-0.25, -0.2) is 0 Å². The van der Waals surface area contributed by atoms with Crippen LogP contribution >= 0.6 is 11.8 Å². The number of amidine groups is 1. The molecule has 0 unspecified atom stereocenters. The normalized spacial score (nSPS) is 18.5. The van der Waals surface area contributed by atoms with Crippen molar-refractivity contribution >= 4 is 40.6 Å². The molecule has 2 N–H and O–H groups in total. The molecule has 25 heavy (non-hydrogen) atoms. The summed E-state index contributed by atoms with van der Waals surface area (Å²) in [5.74, 6) is -0.470. The van der Waals surface area contributed by atoms with Gasteiger partial charge in [0, 0.05) is 30.1 Å². The highest BCUT2D eigenvalue weighted by Crippen LogP contribution is 2.23. The van der Waals surface area contributed by atoms with Crippen LogP contribution in [0, 0.1) is 0 Å². The fourth-order valence-electron chi connectivity index (χ4n) is 2.09. The maximum Gasteiger partial charge on any atom is 0.240 e. The third kappa shape index (κ3) is 4.98. The smallest absolute Gasteiger partial charge is 0.240 e. The van der Waals surface area contributed by atoms with Gasteiger partial charge in [-0.2, -0.15) is 5.10 Å². The summed E-state index contributed by atoms with van der Waals surface area (Å²) in [4.78, 5) is 28.0. The number of anilines is 1. The Balaban J connectivity index is 1.54. The Morgan fingerprint density at radius 1 is 1.28 bits per heavy atom. The third-order valence-electron chi connectivity index (χ3n) is 3.24. The summed E-state index contributed by atoms with van der Waals surface area (Å²) < 4.78 is 0. The SMILES string of the molecule is O=C(C[C@H]1S/C(=N\N=C/c2cccnc2)NC1=O)Nc1ccccc1. The fourth-order valence-corrected chi connectivity index (χ4v) is 3.01. The van der Waals surface area contributed by atoms with Gasteiger partial charge in [0.2, 0.25) is 11.8 Å². The minimum Gasteiger partial charge on any atom is -0.326 e. The van der Waals surface area contributed by atoms with Crippen molar-refractivity contribution < 1.29 is 9.59 Å². The number of amides is 2. The van der Waals surface area contributed by atoms with Crippen LogP contribution < -0.4 is 10.6 Å². The van der Waals surface area contributed by atoms with E-state index in [1.807, 2.05) is 24.3 Å². The van der Waals surface area contributed by atoms with E-state index in [9.17, 15) is 9.59 Å². The Hall–Kier alpha value is -3.00. The van der Waals surface area contributed by atoms with E-state index in [2.05, 4.69) is 25.8 Å². The van der Waals surface area contributed by atoms with Gasteiger partial charge in [-0.15, -0.1) is 5.10 Å². The molecule has 0 saturated carbocycles. The summed E-state index contributed by atoms with van der Waals surface area (Å²) in [6.07, 6.45) is 4.93. The van der Waals surface area contributed by atoms with Crippen LogP contribution in [0.25, 0.3) is 0 Å². The van der Waals surface area contributed by atoms with Gasteiger partial charge in [-0.3, -0.25) is 14.6 Å². The van der Waals surface area contributed by atoms with Crippen molar-refractivity contribution in [2.75, 3.05) is 5.32 Å². The monoisotopic (exact) mass is 353 g/mol. The molecule has 0 spiro atoms. The van der Waals surface area contributed by atoms with Gasteiger partial charge in [0.1, 0.15) is 5.25 Å².